The molecule has 3 amide bonds. The van der Waals surface area contributed by atoms with Gasteiger partial charge in [-0.15, -0.1) is 0 Å². The first kappa shape index (κ1) is 37.8. The zero-order chi connectivity index (χ0) is 32.7. The highest BCUT2D eigenvalue weighted by Gasteiger charge is 2.35. The molecule has 2 atom stereocenters. The molecule has 0 saturated carbocycles. The summed E-state index contributed by atoms with van der Waals surface area (Å²) in [6.07, 6.45) is 2.72. The van der Waals surface area contributed by atoms with Crippen molar-refractivity contribution in [2.24, 2.45) is 17.8 Å². The Bertz CT molecular complexity index is 1080. The summed E-state index contributed by atoms with van der Waals surface area (Å²) in [5.74, 6) is -1.04. The third kappa shape index (κ3) is 15.9. The summed E-state index contributed by atoms with van der Waals surface area (Å²) >= 11 is 0. The first-order valence-corrected chi connectivity index (χ1v) is 15.4. The molecule has 12 nitrogen and oxygen atoms in total. The SMILES string of the molecule is CC(C)C1CC(C(=O)NCCOCCOCCOCCOCCOCCNC=O)CN(C(=O)/C(C#N)=C/c2ccc(F)cc2)C1. The Morgan fingerprint density at radius 1 is 0.911 bits per heavy atom. The van der Waals surface area contributed by atoms with Gasteiger partial charge in [0, 0.05) is 26.2 Å². The zero-order valence-corrected chi connectivity index (χ0v) is 26.3. The maximum absolute atomic E-state index is 13.3. The quantitative estimate of drug-likeness (QED) is 0.0796. The van der Waals surface area contributed by atoms with Gasteiger partial charge in [0.1, 0.15) is 17.5 Å². The molecule has 13 heteroatoms. The van der Waals surface area contributed by atoms with E-state index in [-0.39, 0.29) is 29.9 Å². The van der Waals surface area contributed by atoms with E-state index in [1.165, 1.54) is 30.3 Å². The number of rotatable bonds is 23. The van der Waals surface area contributed by atoms with Crippen LogP contribution in [-0.4, -0.2) is 115 Å². The fraction of sp³-hybridized carbons (Fsp3) is 0.625. The predicted molar refractivity (Wildman–Crippen MR) is 164 cm³/mol. The van der Waals surface area contributed by atoms with Crippen molar-refractivity contribution in [2.75, 3.05) is 92.2 Å². The van der Waals surface area contributed by atoms with E-state index < -0.39 is 17.6 Å². The molecule has 45 heavy (non-hydrogen) atoms. The van der Waals surface area contributed by atoms with Gasteiger partial charge < -0.3 is 39.2 Å². The van der Waals surface area contributed by atoms with Gasteiger partial charge in [0.05, 0.1) is 72.0 Å². The van der Waals surface area contributed by atoms with E-state index in [0.717, 1.165) is 0 Å². The van der Waals surface area contributed by atoms with Gasteiger partial charge in [-0.3, -0.25) is 14.4 Å². The molecule has 1 saturated heterocycles. The zero-order valence-electron chi connectivity index (χ0n) is 26.3. The second kappa shape index (κ2) is 23.0. The van der Waals surface area contributed by atoms with Crippen LogP contribution in [0.15, 0.2) is 29.8 Å². The molecule has 2 rings (SSSR count). The lowest BCUT2D eigenvalue weighted by Gasteiger charge is -2.38. The van der Waals surface area contributed by atoms with Crippen LogP contribution in [0.1, 0.15) is 25.8 Å². The van der Waals surface area contributed by atoms with Crippen molar-refractivity contribution < 1.29 is 42.5 Å². The van der Waals surface area contributed by atoms with Crippen molar-refractivity contribution in [3.63, 3.8) is 0 Å². The number of piperidine rings is 1. The van der Waals surface area contributed by atoms with Gasteiger partial charge in [0.25, 0.3) is 5.91 Å². The number of nitrogens with one attached hydrogen (secondary N) is 2. The second-order valence-corrected chi connectivity index (χ2v) is 10.8. The van der Waals surface area contributed by atoms with E-state index in [1.54, 1.807) is 4.90 Å². The third-order valence-corrected chi connectivity index (χ3v) is 7.12. The number of carbonyl (C=O) groups excluding carboxylic acids is 3. The minimum Gasteiger partial charge on any atom is -0.377 e. The van der Waals surface area contributed by atoms with Gasteiger partial charge in [-0.05, 0) is 42.0 Å². The highest BCUT2D eigenvalue weighted by Crippen LogP contribution is 2.29. The van der Waals surface area contributed by atoms with Gasteiger partial charge in [-0.2, -0.15) is 5.26 Å². The summed E-state index contributed by atoms with van der Waals surface area (Å²) in [4.78, 5) is 37.9. The molecule has 1 aliphatic rings. The van der Waals surface area contributed by atoms with Crippen LogP contribution in [0.2, 0.25) is 0 Å². The Kier molecular flexibility index (Phi) is 19.3. The Morgan fingerprint density at radius 3 is 1.96 bits per heavy atom. The topological polar surface area (TPSA) is 148 Å². The first-order chi connectivity index (χ1) is 21.8. The number of nitriles is 1. The van der Waals surface area contributed by atoms with Crippen molar-refractivity contribution in [1.82, 2.24) is 15.5 Å². The fourth-order valence-corrected chi connectivity index (χ4v) is 4.58. The normalized spacial score (nSPS) is 16.8. The van der Waals surface area contributed by atoms with Crippen LogP contribution in [0.25, 0.3) is 6.08 Å². The maximum Gasteiger partial charge on any atom is 0.264 e. The van der Waals surface area contributed by atoms with Gasteiger partial charge in [-0.1, -0.05) is 26.0 Å². The van der Waals surface area contributed by atoms with Crippen LogP contribution in [0.3, 0.4) is 0 Å². The number of likely N-dealkylation sites (tertiary alicyclic amines) is 1. The van der Waals surface area contributed by atoms with E-state index >= 15 is 0 Å². The molecule has 1 aromatic rings. The van der Waals surface area contributed by atoms with Crippen LogP contribution < -0.4 is 10.6 Å². The van der Waals surface area contributed by atoms with E-state index in [0.29, 0.717) is 104 Å². The molecule has 0 spiro atoms. The molecule has 250 valence electrons. The van der Waals surface area contributed by atoms with Crippen molar-refractivity contribution in [3.05, 3.63) is 41.2 Å². The number of ether oxygens (including phenoxy) is 5. The predicted octanol–water partition coefficient (Wildman–Crippen LogP) is 1.80. The summed E-state index contributed by atoms with van der Waals surface area (Å²) in [6, 6.07) is 7.52. The van der Waals surface area contributed by atoms with Crippen LogP contribution >= 0.6 is 0 Å². The molecule has 0 bridgehead atoms. The van der Waals surface area contributed by atoms with Gasteiger partial charge in [0.15, 0.2) is 0 Å². The van der Waals surface area contributed by atoms with Gasteiger partial charge in [-0.25, -0.2) is 4.39 Å². The monoisotopic (exact) mass is 634 g/mol. The molecular formula is C32H47FN4O8. The summed E-state index contributed by atoms with van der Waals surface area (Å²) in [5.41, 5.74) is 0.495. The fourth-order valence-electron chi connectivity index (χ4n) is 4.58. The molecule has 1 aliphatic heterocycles. The number of halogens is 1. The maximum atomic E-state index is 13.3. The Labute approximate surface area is 265 Å². The van der Waals surface area contributed by atoms with Gasteiger partial charge in [0.2, 0.25) is 12.3 Å². The lowest BCUT2D eigenvalue weighted by molar-refractivity contribution is -0.134. The summed E-state index contributed by atoms with van der Waals surface area (Å²) in [7, 11) is 0. The summed E-state index contributed by atoms with van der Waals surface area (Å²) < 4.78 is 40.4. The molecule has 0 aromatic heterocycles. The van der Waals surface area contributed by atoms with Crippen LogP contribution in [0.5, 0.6) is 0 Å². The number of nitrogens with zero attached hydrogens (tertiary/aromatic N) is 2. The van der Waals surface area contributed by atoms with Crippen molar-refractivity contribution >= 4 is 24.3 Å². The number of hydrogen-bond donors (Lipinski definition) is 2. The Hall–Kier alpha value is -3.41. The van der Waals surface area contributed by atoms with Crippen molar-refractivity contribution in [1.29, 1.82) is 5.26 Å². The Morgan fingerprint density at radius 2 is 1.44 bits per heavy atom. The van der Waals surface area contributed by atoms with E-state index in [2.05, 4.69) is 24.5 Å². The van der Waals surface area contributed by atoms with Crippen LogP contribution in [0.4, 0.5) is 4.39 Å². The van der Waals surface area contributed by atoms with E-state index in [1.807, 2.05) is 6.07 Å². The molecule has 2 unspecified atom stereocenters. The van der Waals surface area contributed by atoms with Crippen molar-refractivity contribution in [3.8, 4) is 6.07 Å². The molecule has 2 N–H and O–H groups in total. The van der Waals surface area contributed by atoms with Crippen molar-refractivity contribution in [2.45, 2.75) is 20.3 Å². The summed E-state index contributed by atoms with van der Waals surface area (Å²) in [5, 5.41) is 15.1. The molecule has 1 heterocycles. The van der Waals surface area contributed by atoms with E-state index in [9.17, 15) is 24.0 Å². The minimum atomic E-state index is -0.435. The highest BCUT2D eigenvalue weighted by atomic mass is 19.1. The van der Waals surface area contributed by atoms with Gasteiger partial charge >= 0.3 is 0 Å². The number of benzene rings is 1. The molecule has 0 aliphatic carbocycles. The second-order valence-electron chi connectivity index (χ2n) is 10.8. The largest absolute Gasteiger partial charge is 0.377 e. The number of carbonyl (C=O) groups is 3. The molecule has 0 radical (unpaired) electrons. The van der Waals surface area contributed by atoms with Crippen LogP contribution in [-0.2, 0) is 38.1 Å². The minimum absolute atomic E-state index is 0.0548. The first-order valence-electron chi connectivity index (χ1n) is 15.4. The standard InChI is InChI=1S/C32H47FN4O8/c1-25(2)28-20-29(23-37(22-28)32(40)27(21-34)19-26-3-5-30(33)6-4-26)31(39)36-8-10-42-12-14-44-16-18-45-17-15-43-13-11-41-9-7-35-24-38/h3-6,19,24-25,28-29H,7-18,20,22-23H2,1-2H3,(H,35,38)(H,36,39)/b27-19+. The lowest BCUT2D eigenvalue weighted by atomic mass is 9.81. The third-order valence-electron chi connectivity index (χ3n) is 7.12. The lowest BCUT2D eigenvalue weighted by Crippen LogP contribution is -2.50. The number of amides is 3. The van der Waals surface area contributed by atoms with E-state index in [4.69, 9.17) is 23.7 Å². The van der Waals surface area contributed by atoms with Crippen LogP contribution in [0, 0.1) is 34.9 Å². The molecule has 1 aromatic carbocycles. The Balaban J connectivity index is 1.59. The molecular weight excluding hydrogens is 587 g/mol. The summed E-state index contributed by atoms with van der Waals surface area (Å²) in [6.45, 7) is 9.80. The number of hydrogen-bond acceptors (Lipinski definition) is 9. The smallest absolute Gasteiger partial charge is 0.264 e. The highest BCUT2D eigenvalue weighted by molar-refractivity contribution is 6.02. The molecule has 1 fully saturated rings. The average molecular weight is 635 g/mol. The average Bonchev–Trinajstić information content (AvgIpc) is 3.04.